The Labute approximate surface area is 145 Å². The highest BCUT2D eigenvalue weighted by molar-refractivity contribution is 5.78. The molecule has 1 aromatic rings. The molecule has 0 N–H and O–H groups in total. The van der Waals surface area contributed by atoms with E-state index in [1.54, 1.807) is 0 Å². The molecule has 0 aliphatic carbocycles. The largest absolute Gasteiger partial charge is 0.339 e. The van der Waals surface area contributed by atoms with Gasteiger partial charge in [-0.1, -0.05) is 13.8 Å². The fourth-order valence-electron chi connectivity index (χ4n) is 4.10. The zero-order chi connectivity index (χ0) is 17.1. The van der Waals surface area contributed by atoms with Crippen molar-refractivity contribution in [2.24, 2.45) is 5.92 Å². The van der Waals surface area contributed by atoms with E-state index >= 15 is 0 Å². The van der Waals surface area contributed by atoms with E-state index in [1.807, 2.05) is 6.33 Å². The molecular formula is C18H31N5O. The summed E-state index contributed by atoms with van der Waals surface area (Å²) in [4.78, 5) is 17.2. The van der Waals surface area contributed by atoms with Gasteiger partial charge in [-0.05, 0) is 51.5 Å². The molecule has 6 heteroatoms. The van der Waals surface area contributed by atoms with Crippen LogP contribution >= 0.6 is 0 Å². The van der Waals surface area contributed by atoms with Crippen LogP contribution in [0.1, 0.15) is 64.7 Å². The molecule has 2 saturated heterocycles. The Morgan fingerprint density at radius 3 is 2.83 bits per heavy atom. The molecule has 3 heterocycles. The van der Waals surface area contributed by atoms with Crippen LogP contribution in [0.5, 0.6) is 0 Å². The number of hydrogen-bond donors (Lipinski definition) is 0. The van der Waals surface area contributed by atoms with Crippen LogP contribution in [-0.4, -0.2) is 56.1 Å². The van der Waals surface area contributed by atoms with Crippen LogP contribution in [0.2, 0.25) is 0 Å². The van der Waals surface area contributed by atoms with Crippen LogP contribution < -0.4 is 0 Å². The van der Waals surface area contributed by atoms with Crippen LogP contribution in [0.3, 0.4) is 0 Å². The molecule has 134 valence electrons. The average molecular weight is 333 g/mol. The third kappa shape index (κ3) is 3.79. The lowest BCUT2D eigenvalue weighted by atomic mass is 10.0. The Balaban J connectivity index is 1.67. The normalized spacial score (nSPS) is 25.6. The van der Waals surface area contributed by atoms with Crippen molar-refractivity contribution >= 4 is 5.91 Å². The first-order valence-corrected chi connectivity index (χ1v) is 9.47. The van der Waals surface area contributed by atoms with Crippen molar-refractivity contribution in [1.29, 1.82) is 0 Å². The summed E-state index contributed by atoms with van der Waals surface area (Å²) < 4.78 is 2.17. The van der Waals surface area contributed by atoms with E-state index in [0.717, 1.165) is 51.1 Å². The smallest absolute Gasteiger partial charge is 0.237 e. The quantitative estimate of drug-likeness (QED) is 0.831. The molecule has 0 bridgehead atoms. The number of piperidine rings is 1. The standard InChI is InChI=1S/C18H31N5O/c1-14(2)11-22-13-19-20-18(22)16-8-6-9-21(16)12-17(24)23-10-5-4-7-15(23)3/h13-16H,4-12H2,1-3H3/t15-,16+/m0/s1. The molecule has 2 aliphatic heterocycles. The fraction of sp³-hybridized carbons (Fsp3) is 0.833. The molecule has 0 aromatic carbocycles. The minimum atomic E-state index is 0.232. The van der Waals surface area contributed by atoms with Crippen molar-refractivity contribution in [3.05, 3.63) is 12.2 Å². The van der Waals surface area contributed by atoms with Gasteiger partial charge >= 0.3 is 0 Å². The van der Waals surface area contributed by atoms with Crippen LogP contribution in [0.15, 0.2) is 6.33 Å². The summed E-state index contributed by atoms with van der Waals surface area (Å²) in [5, 5.41) is 8.51. The second-order valence-corrected chi connectivity index (χ2v) is 7.80. The van der Waals surface area contributed by atoms with Gasteiger partial charge in [-0.15, -0.1) is 10.2 Å². The summed E-state index contributed by atoms with van der Waals surface area (Å²) in [7, 11) is 0. The third-order valence-corrected chi connectivity index (χ3v) is 5.33. The lowest BCUT2D eigenvalue weighted by Gasteiger charge is -2.35. The van der Waals surface area contributed by atoms with Crippen molar-refractivity contribution in [3.8, 4) is 0 Å². The predicted octanol–water partition coefficient (Wildman–Crippen LogP) is 2.47. The maximum Gasteiger partial charge on any atom is 0.237 e. The van der Waals surface area contributed by atoms with Gasteiger partial charge in [0.15, 0.2) is 0 Å². The molecular weight excluding hydrogens is 302 g/mol. The first kappa shape index (κ1) is 17.4. The maximum atomic E-state index is 12.8. The SMILES string of the molecule is CC(C)Cn1cnnc1[C@H]1CCCN1CC(=O)N1CCCC[C@@H]1C. The lowest BCUT2D eigenvalue weighted by Crippen LogP contribution is -2.47. The monoisotopic (exact) mass is 333 g/mol. The molecule has 2 atom stereocenters. The number of carbonyl (C=O) groups is 1. The van der Waals surface area contributed by atoms with E-state index in [0.29, 0.717) is 18.5 Å². The van der Waals surface area contributed by atoms with E-state index in [2.05, 4.69) is 45.3 Å². The van der Waals surface area contributed by atoms with Gasteiger partial charge in [0.05, 0.1) is 12.6 Å². The Bertz CT molecular complexity index is 555. The van der Waals surface area contributed by atoms with E-state index in [-0.39, 0.29) is 11.9 Å². The molecule has 2 aliphatic rings. The first-order valence-electron chi connectivity index (χ1n) is 9.47. The Hall–Kier alpha value is -1.43. The highest BCUT2D eigenvalue weighted by atomic mass is 16.2. The summed E-state index contributed by atoms with van der Waals surface area (Å²) in [6.45, 7) is 9.94. The number of amides is 1. The van der Waals surface area contributed by atoms with Gasteiger partial charge in [0.2, 0.25) is 5.91 Å². The second kappa shape index (κ2) is 7.64. The molecule has 1 amide bonds. The van der Waals surface area contributed by atoms with Crippen molar-refractivity contribution < 1.29 is 4.79 Å². The molecule has 0 unspecified atom stereocenters. The van der Waals surface area contributed by atoms with Crippen molar-refractivity contribution in [3.63, 3.8) is 0 Å². The zero-order valence-corrected chi connectivity index (χ0v) is 15.3. The fourth-order valence-corrected chi connectivity index (χ4v) is 4.10. The minimum absolute atomic E-state index is 0.232. The Morgan fingerprint density at radius 1 is 1.25 bits per heavy atom. The van der Waals surface area contributed by atoms with Crippen LogP contribution in [-0.2, 0) is 11.3 Å². The predicted molar refractivity (Wildman–Crippen MR) is 93.4 cm³/mol. The molecule has 2 fully saturated rings. The van der Waals surface area contributed by atoms with Gasteiger partial charge < -0.3 is 9.47 Å². The van der Waals surface area contributed by atoms with Crippen molar-refractivity contribution in [2.45, 2.75) is 71.5 Å². The zero-order valence-electron chi connectivity index (χ0n) is 15.3. The van der Waals surface area contributed by atoms with Gasteiger partial charge in [0.1, 0.15) is 12.2 Å². The van der Waals surface area contributed by atoms with Crippen molar-refractivity contribution in [2.75, 3.05) is 19.6 Å². The lowest BCUT2D eigenvalue weighted by molar-refractivity contribution is -0.135. The van der Waals surface area contributed by atoms with E-state index in [4.69, 9.17) is 0 Å². The number of aromatic nitrogens is 3. The van der Waals surface area contributed by atoms with Gasteiger partial charge in [0.25, 0.3) is 0 Å². The Kier molecular flexibility index (Phi) is 5.54. The molecule has 6 nitrogen and oxygen atoms in total. The first-order chi connectivity index (χ1) is 11.6. The topological polar surface area (TPSA) is 54.3 Å². The Morgan fingerprint density at radius 2 is 2.08 bits per heavy atom. The van der Waals surface area contributed by atoms with E-state index < -0.39 is 0 Å². The van der Waals surface area contributed by atoms with Crippen LogP contribution in [0.25, 0.3) is 0 Å². The van der Waals surface area contributed by atoms with Gasteiger partial charge in [-0.3, -0.25) is 9.69 Å². The summed E-state index contributed by atoms with van der Waals surface area (Å²) in [5.41, 5.74) is 0. The molecule has 24 heavy (non-hydrogen) atoms. The molecule has 0 saturated carbocycles. The van der Waals surface area contributed by atoms with Crippen LogP contribution in [0.4, 0.5) is 0 Å². The highest BCUT2D eigenvalue weighted by Crippen LogP contribution is 2.31. The van der Waals surface area contributed by atoms with Gasteiger partial charge in [-0.2, -0.15) is 0 Å². The summed E-state index contributed by atoms with van der Waals surface area (Å²) >= 11 is 0. The average Bonchev–Trinajstić information content (AvgIpc) is 3.16. The molecule has 3 rings (SSSR count). The second-order valence-electron chi connectivity index (χ2n) is 7.80. The number of likely N-dealkylation sites (tertiary alicyclic amines) is 2. The number of hydrogen-bond acceptors (Lipinski definition) is 4. The van der Waals surface area contributed by atoms with Crippen LogP contribution in [0, 0.1) is 5.92 Å². The maximum absolute atomic E-state index is 12.8. The number of rotatable bonds is 5. The summed E-state index contributed by atoms with van der Waals surface area (Å²) in [6.07, 6.45) is 7.55. The van der Waals surface area contributed by atoms with E-state index in [9.17, 15) is 4.79 Å². The van der Waals surface area contributed by atoms with Gasteiger partial charge in [0, 0.05) is 19.1 Å². The number of carbonyl (C=O) groups excluding carboxylic acids is 1. The van der Waals surface area contributed by atoms with Gasteiger partial charge in [-0.25, -0.2) is 0 Å². The summed E-state index contributed by atoms with van der Waals surface area (Å²) in [5.74, 6) is 1.87. The highest BCUT2D eigenvalue weighted by Gasteiger charge is 2.33. The van der Waals surface area contributed by atoms with Crippen molar-refractivity contribution in [1.82, 2.24) is 24.6 Å². The number of nitrogens with zero attached hydrogens (tertiary/aromatic N) is 5. The molecule has 1 aromatic heterocycles. The van der Waals surface area contributed by atoms with E-state index in [1.165, 1.54) is 6.42 Å². The molecule has 0 radical (unpaired) electrons. The third-order valence-electron chi connectivity index (χ3n) is 5.33. The summed E-state index contributed by atoms with van der Waals surface area (Å²) in [6, 6.07) is 0.618. The molecule has 0 spiro atoms. The minimum Gasteiger partial charge on any atom is -0.339 e.